The number of azide groups is 6. The van der Waals surface area contributed by atoms with Gasteiger partial charge < -0.3 is 66.7 Å². The van der Waals surface area contributed by atoms with Crippen molar-refractivity contribution in [2.45, 2.75) is 73.6 Å². The van der Waals surface area contributed by atoms with E-state index in [2.05, 4.69) is 105 Å². The average Bonchev–Trinajstić information content (AvgIpc) is 4.40. The first-order valence-corrected chi connectivity index (χ1v) is 24.8. The van der Waals surface area contributed by atoms with E-state index < -0.39 is 179 Å². The highest BCUT2D eigenvalue weighted by Gasteiger charge is 2.54. The molecular formula is C30H31N33O16P2. The van der Waals surface area contributed by atoms with Crippen molar-refractivity contribution in [2.24, 2.45) is 30.7 Å². The number of phosphoric acid groups is 2. The van der Waals surface area contributed by atoms with Crippen LogP contribution >= 0.6 is 15.6 Å². The molecule has 0 spiro atoms. The van der Waals surface area contributed by atoms with Crippen LogP contribution in [0, 0.1) is 0 Å². The largest absolute Gasteiger partial charge is 0.472 e. The Labute approximate surface area is 441 Å². The van der Waals surface area contributed by atoms with E-state index in [0.717, 1.165) is 9.13 Å². The molecule has 6 aromatic heterocycles. The number of anilines is 3. The molecule has 0 aliphatic carbocycles. The summed E-state index contributed by atoms with van der Waals surface area (Å²) in [4.78, 5) is 73.6. The molecule has 0 bridgehead atoms. The van der Waals surface area contributed by atoms with Gasteiger partial charge in [0.15, 0.2) is 69.6 Å². The van der Waals surface area contributed by atoms with E-state index in [-0.39, 0.29) is 16.7 Å². The molecule has 3 aliphatic rings. The normalized spacial score (nSPS) is 26.6. The maximum absolute atomic E-state index is 14.0. The molecule has 0 aromatic carbocycles. The molecule has 9 rings (SSSR count). The van der Waals surface area contributed by atoms with Gasteiger partial charge in [-0.25, -0.2) is 54.0 Å². The monoisotopic (exact) mass is 1170 g/mol. The van der Waals surface area contributed by atoms with E-state index in [1.54, 1.807) is 0 Å². The van der Waals surface area contributed by atoms with Crippen LogP contribution in [0.15, 0.2) is 30.7 Å². The number of nitrogens with zero attached hydrogens (tertiary/aromatic N) is 30. The highest BCUT2D eigenvalue weighted by atomic mass is 31.2. The molecule has 3 fully saturated rings. The predicted molar refractivity (Wildman–Crippen MR) is 256 cm³/mol. The molecule has 3 aliphatic heterocycles. The fourth-order valence-electron chi connectivity index (χ4n) is 8.36. The van der Waals surface area contributed by atoms with Crippen molar-refractivity contribution in [1.29, 1.82) is 0 Å². The molecule has 14 atom stereocenters. The third kappa shape index (κ3) is 10.7. The molecular weight excluding hydrogens is 1140 g/mol. The van der Waals surface area contributed by atoms with Crippen molar-refractivity contribution in [3.05, 3.63) is 62.7 Å². The Morgan fingerprint density at radius 2 is 0.802 bits per heavy atom. The molecule has 81 heavy (non-hydrogen) atoms. The Hall–Kier alpha value is -9.19. The van der Waals surface area contributed by atoms with Crippen LogP contribution in [0.5, 0.6) is 0 Å². The van der Waals surface area contributed by atoms with Gasteiger partial charge >= 0.3 is 15.6 Å². The van der Waals surface area contributed by atoms with Crippen LogP contribution in [0.2, 0.25) is 0 Å². The molecule has 51 heteroatoms. The number of phosphoric ester groups is 2. The number of nitrogens with two attached hydrogens (primary N) is 3. The number of hydrogen-bond acceptors (Lipinski definition) is 32. The smallest absolute Gasteiger partial charge is 0.394 e. The van der Waals surface area contributed by atoms with E-state index >= 15 is 0 Å². The lowest BCUT2D eigenvalue weighted by atomic mass is 10.1. The predicted octanol–water partition coefficient (Wildman–Crippen LogP) is 2.04. The van der Waals surface area contributed by atoms with Crippen molar-refractivity contribution < 1.29 is 76.8 Å². The third-order valence-corrected chi connectivity index (χ3v) is 13.6. The Morgan fingerprint density at radius 3 is 1.16 bits per heavy atom. The van der Waals surface area contributed by atoms with Crippen LogP contribution in [0.25, 0.3) is 96.1 Å². The summed E-state index contributed by atoms with van der Waals surface area (Å²) in [5, 5.41) is 75.5. The number of aromatic nitrogens is 12. The van der Waals surface area contributed by atoms with Crippen LogP contribution in [0.4, 0.5) is 53.1 Å². The molecule has 13 N–H and O–H groups in total. The van der Waals surface area contributed by atoms with Crippen LogP contribution in [0.1, 0.15) is 18.7 Å². The van der Waals surface area contributed by atoms with Crippen molar-refractivity contribution >= 4 is 102 Å². The first kappa shape index (κ1) is 56.5. The summed E-state index contributed by atoms with van der Waals surface area (Å²) >= 11 is 0. The molecule has 422 valence electrons. The summed E-state index contributed by atoms with van der Waals surface area (Å²) in [7, 11) is -11.4. The number of aliphatic hydroxyl groups excluding tert-OH is 5. The SMILES string of the molecule is [N-]=[N+]=Nc1nc(N)c2nc(N=[N+]=[N-])n([C@@H]3O[C@H](COP(=O)(O)O[C@@H]4[C@H](O)[C@@H](COP(=O)(O)O[C@@H]5[C@H](O)[C@@H](CO)O[C@H]5n5c(N=[N+]=[N-])nc6c(N)nc(N=[N+]=[N-])nc65)O[C@H]4n4c(N=[N+]=[N-])nc5c(N)nc(N=[N+]=[N-])nc54)[C@@H](O)[C@H]3O)c2n1. The molecule has 6 aromatic rings. The van der Waals surface area contributed by atoms with Gasteiger partial charge in [0.05, 0.1) is 19.8 Å². The fraction of sp³-hybridized carbons (Fsp3) is 0.500. The Balaban J connectivity index is 1.01. The van der Waals surface area contributed by atoms with Gasteiger partial charge in [0, 0.05) is 29.5 Å². The number of imidazole rings is 3. The van der Waals surface area contributed by atoms with Crippen LogP contribution in [-0.2, 0) is 41.4 Å². The summed E-state index contributed by atoms with van der Waals surface area (Å²) in [6, 6.07) is 0. The van der Waals surface area contributed by atoms with Gasteiger partial charge in [-0.2, -0.15) is 0 Å². The fourth-order valence-corrected chi connectivity index (χ4v) is 10.2. The Kier molecular flexibility index (Phi) is 15.7. The lowest BCUT2D eigenvalue weighted by molar-refractivity contribution is -0.0637. The molecule has 9 heterocycles. The number of aliphatic hydroxyl groups is 5. The zero-order valence-corrected chi connectivity index (χ0v) is 41.2. The summed E-state index contributed by atoms with van der Waals surface area (Å²) in [5.41, 5.74) is 70.9. The Bertz CT molecular complexity index is 3920. The molecule has 49 nitrogen and oxygen atoms in total. The summed E-state index contributed by atoms with van der Waals surface area (Å²) < 4.78 is 68.8. The van der Waals surface area contributed by atoms with Crippen molar-refractivity contribution in [3.63, 3.8) is 0 Å². The zero-order valence-electron chi connectivity index (χ0n) is 39.4. The maximum atomic E-state index is 14.0. The number of fused-ring (bicyclic) bond motifs is 3. The average molecular weight is 1170 g/mol. The molecule has 0 radical (unpaired) electrons. The van der Waals surface area contributed by atoms with Crippen molar-refractivity contribution in [2.75, 3.05) is 37.0 Å². The van der Waals surface area contributed by atoms with Crippen LogP contribution < -0.4 is 17.2 Å². The highest BCUT2D eigenvalue weighted by molar-refractivity contribution is 7.47. The summed E-state index contributed by atoms with van der Waals surface area (Å²) in [6.07, 6.45) is -24.2. The van der Waals surface area contributed by atoms with Crippen LogP contribution in [-0.4, -0.2) is 169 Å². The number of ether oxygens (including phenoxy) is 3. The summed E-state index contributed by atoms with van der Waals surface area (Å²) in [5.74, 6) is -5.15. The Morgan fingerprint density at radius 1 is 0.481 bits per heavy atom. The van der Waals surface area contributed by atoms with Crippen LogP contribution in [0.3, 0.4) is 0 Å². The van der Waals surface area contributed by atoms with Gasteiger partial charge in [0.2, 0.25) is 35.7 Å². The van der Waals surface area contributed by atoms with Crippen molar-refractivity contribution in [1.82, 2.24) is 58.6 Å². The van der Waals surface area contributed by atoms with E-state index in [9.17, 15) is 61.0 Å². The number of rotatable bonds is 20. The van der Waals surface area contributed by atoms with Gasteiger partial charge in [0.1, 0.15) is 54.9 Å². The number of hydrogen-bond donors (Lipinski definition) is 10. The minimum atomic E-state index is -5.73. The molecule has 0 amide bonds. The van der Waals surface area contributed by atoms with Gasteiger partial charge in [-0.05, 0) is 63.9 Å². The van der Waals surface area contributed by atoms with E-state index in [1.165, 1.54) is 0 Å². The maximum Gasteiger partial charge on any atom is 0.472 e. The minimum absolute atomic E-state index is 0.255. The zero-order chi connectivity index (χ0) is 58.2. The first-order valence-electron chi connectivity index (χ1n) is 21.8. The second kappa shape index (κ2) is 22.5. The van der Waals surface area contributed by atoms with Gasteiger partial charge in [0.25, 0.3) is 0 Å². The second-order valence-corrected chi connectivity index (χ2v) is 19.0. The molecule has 0 saturated carbocycles. The van der Waals surface area contributed by atoms with Gasteiger partial charge in [-0.1, -0.05) is 0 Å². The lowest BCUT2D eigenvalue weighted by Gasteiger charge is -2.25. The van der Waals surface area contributed by atoms with E-state index in [0.29, 0.717) is 4.57 Å². The van der Waals surface area contributed by atoms with E-state index in [1.807, 2.05) is 0 Å². The quantitative estimate of drug-likeness (QED) is 0.0226. The lowest BCUT2D eigenvalue weighted by Crippen LogP contribution is -2.37. The third-order valence-electron chi connectivity index (χ3n) is 11.6. The highest BCUT2D eigenvalue weighted by Crippen LogP contribution is 2.54. The van der Waals surface area contributed by atoms with Crippen molar-refractivity contribution in [3.8, 4) is 0 Å². The number of nitrogen functional groups attached to an aromatic ring is 3. The minimum Gasteiger partial charge on any atom is -0.394 e. The second-order valence-electron chi connectivity index (χ2n) is 16.2. The molecule has 3 saturated heterocycles. The first-order chi connectivity index (χ1) is 38.7. The topological polar surface area (TPSA) is 742 Å². The summed E-state index contributed by atoms with van der Waals surface area (Å²) in [6.45, 7) is -3.43. The van der Waals surface area contributed by atoms with E-state index in [4.69, 9.17) is 66.1 Å². The van der Waals surface area contributed by atoms with Gasteiger partial charge in [-0.15, -0.1) is 0 Å². The molecule has 2 unspecified atom stereocenters. The van der Waals surface area contributed by atoms with Gasteiger partial charge in [-0.3, -0.25) is 31.8 Å². The standard InChI is InChI=1S/C30H31N33O16P2/c31-16-7-19(46-25(43-16)49-55-34)61(28(40-7)52-58-37)22-13(68)10(65)5(76-22)2-73-80(69,70)79-15-12(67)6(77-24(15)63-21-9(42-30(63)54-60-39)18(33)45-27(48-21)51-57-36)3-74-81(71,72)78-14-11(66)4(1-64)75-23(14)62-20-8(41-29(62)53-59-38)17(32)44-26(47-20)50-56-35/h4-6,10-15,22-24,64-68H,1-3H2,(H,69,70)(H,71,72)(H2,31,43,46)(H2,32,44,47)(H2,33,45,48)/t4-,5-,6-,10-,11-,12-,13-,14-,15-,22-,23-,24-/m1/s1.